The monoisotopic (exact) mass is 252 g/mol. The van der Waals surface area contributed by atoms with Crippen LogP contribution in [0.3, 0.4) is 0 Å². The highest BCUT2D eigenvalue weighted by molar-refractivity contribution is 4.95. The zero-order chi connectivity index (χ0) is 13.6. The van der Waals surface area contributed by atoms with Crippen molar-refractivity contribution in [3.63, 3.8) is 0 Å². The molecule has 0 saturated carbocycles. The van der Waals surface area contributed by atoms with Gasteiger partial charge in [-0.05, 0) is 25.7 Å². The molecule has 0 aliphatic rings. The summed E-state index contributed by atoms with van der Waals surface area (Å²) in [7, 11) is 0. The predicted molar refractivity (Wildman–Crippen MR) is 85.1 cm³/mol. The summed E-state index contributed by atoms with van der Waals surface area (Å²) in [5.41, 5.74) is 1.42. The topological polar surface area (TPSA) is 0 Å². The highest BCUT2D eigenvalue weighted by atomic mass is 14.1. The SMILES string of the molecule is C=C(C)C(CCCCCC)CCCCCCCC. The Morgan fingerprint density at radius 3 is 1.56 bits per heavy atom. The molecule has 0 amide bonds. The van der Waals surface area contributed by atoms with Crippen molar-refractivity contribution < 1.29 is 0 Å². The second-order valence-corrected chi connectivity index (χ2v) is 5.95. The van der Waals surface area contributed by atoms with Gasteiger partial charge in [0.2, 0.25) is 0 Å². The van der Waals surface area contributed by atoms with E-state index in [-0.39, 0.29) is 0 Å². The number of hydrogen-bond donors (Lipinski definition) is 0. The van der Waals surface area contributed by atoms with Crippen LogP contribution in [0.1, 0.15) is 97.8 Å². The Balaban J connectivity index is 3.54. The van der Waals surface area contributed by atoms with Gasteiger partial charge in [0, 0.05) is 0 Å². The molecule has 0 radical (unpaired) electrons. The molecule has 0 heterocycles. The number of rotatable bonds is 13. The second kappa shape index (κ2) is 13.2. The molecule has 0 aromatic rings. The van der Waals surface area contributed by atoms with Crippen LogP contribution in [-0.2, 0) is 0 Å². The van der Waals surface area contributed by atoms with E-state index in [2.05, 4.69) is 27.4 Å². The maximum atomic E-state index is 4.18. The summed E-state index contributed by atoms with van der Waals surface area (Å²) in [5, 5.41) is 0. The van der Waals surface area contributed by atoms with E-state index < -0.39 is 0 Å². The number of unbranched alkanes of at least 4 members (excludes halogenated alkanes) is 8. The van der Waals surface area contributed by atoms with Crippen molar-refractivity contribution in [2.45, 2.75) is 97.8 Å². The van der Waals surface area contributed by atoms with Gasteiger partial charge in [0.1, 0.15) is 0 Å². The second-order valence-electron chi connectivity index (χ2n) is 5.95. The highest BCUT2D eigenvalue weighted by Crippen LogP contribution is 2.24. The zero-order valence-corrected chi connectivity index (χ0v) is 13.3. The average molecular weight is 252 g/mol. The molecule has 0 aromatic heterocycles. The van der Waals surface area contributed by atoms with Crippen LogP contribution in [0.2, 0.25) is 0 Å². The maximum absolute atomic E-state index is 4.18. The van der Waals surface area contributed by atoms with E-state index in [0.29, 0.717) is 0 Å². The molecule has 0 saturated heterocycles. The molecule has 0 aliphatic heterocycles. The van der Waals surface area contributed by atoms with E-state index >= 15 is 0 Å². The molecule has 0 spiro atoms. The summed E-state index contributed by atoms with van der Waals surface area (Å²) >= 11 is 0. The van der Waals surface area contributed by atoms with Gasteiger partial charge in [-0.2, -0.15) is 0 Å². The molecule has 0 N–H and O–H groups in total. The van der Waals surface area contributed by atoms with Gasteiger partial charge in [-0.15, -0.1) is 0 Å². The fourth-order valence-corrected chi connectivity index (χ4v) is 2.63. The molecule has 18 heavy (non-hydrogen) atoms. The van der Waals surface area contributed by atoms with Crippen LogP contribution in [-0.4, -0.2) is 0 Å². The van der Waals surface area contributed by atoms with Crippen LogP contribution in [0.5, 0.6) is 0 Å². The van der Waals surface area contributed by atoms with Gasteiger partial charge in [-0.1, -0.05) is 90.2 Å². The van der Waals surface area contributed by atoms with Crippen molar-refractivity contribution in [1.29, 1.82) is 0 Å². The van der Waals surface area contributed by atoms with Gasteiger partial charge in [-0.3, -0.25) is 0 Å². The maximum Gasteiger partial charge on any atom is -0.0209 e. The first-order valence-electron chi connectivity index (χ1n) is 8.37. The van der Waals surface area contributed by atoms with Crippen molar-refractivity contribution in [3.05, 3.63) is 12.2 Å². The average Bonchev–Trinajstić information content (AvgIpc) is 2.35. The van der Waals surface area contributed by atoms with Crippen molar-refractivity contribution in [3.8, 4) is 0 Å². The minimum Gasteiger partial charge on any atom is -0.0999 e. The van der Waals surface area contributed by atoms with E-state index in [1.165, 1.54) is 82.6 Å². The lowest BCUT2D eigenvalue weighted by molar-refractivity contribution is 0.453. The van der Waals surface area contributed by atoms with Crippen LogP contribution in [0, 0.1) is 5.92 Å². The Bertz CT molecular complexity index is 180. The number of hydrogen-bond acceptors (Lipinski definition) is 0. The standard InChI is InChI=1S/C18H36/c1-5-7-9-11-12-14-16-18(17(3)4)15-13-10-8-6-2/h18H,3,5-16H2,1-2,4H3. The fourth-order valence-electron chi connectivity index (χ4n) is 2.63. The molecule has 1 atom stereocenters. The lowest BCUT2D eigenvalue weighted by Gasteiger charge is -2.16. The lowest BCUT2D eigenvalue weighted by Crippen LogP contribution is -2.02. The molecule has 0 fully saturated rings. The van der Waals surface area contributed by atoms with Crippen LogP contribution in [0.15, 0.2) is 12.2 Å². The molecule has 108 valence electrons. The van der Waals surface area contributed by atoms with Crippen molar-refractivity contribution in [2.24, 2.45) is 5.92 Å². The third-order valence-electron chi connectivity index (χ3n) is 4.01. The van der Waals surface area contributed by atoms with E-state index in [9.17, 15) is 0 Å². The van der Waals surface area contributed by atoms with Gasteiger partial charge in [-0.25, -0.2) is 0 Å². The largest absolute Gasteiger partial charge is 0.0999 e. The summed E-state index contributed by atoms with van der Waals surface area (Å²) in [6.07, 6.45) is 16.8. The Hall–Kier alpha value is -0.260. The Morgan fingerprint density at radius 1 is 0.722 bits per heavy atom. The molecule has 0 bridgehead atoms. The summed E-state index contributed by atoms with van der Waals surface area (Å²) < 4.78 is 0. The van der Waals surface area contributed by atoms with Crippen LogP contribution >= 0.6 is 0 Å². The third-order valence-corrected chi connectivity index (χ3v) is 4.01. The molecule has 0 rings (SSSR count). The summed E-state index contributed by atoms with van der Waals surface area (Å²) in [6.45, 7) is 11.0. The molecule has 0 aromatic carbocycles. The number of allylic oxidation sites excluding steroid dienone is 1. The Morgan fingerprint density at radius 2 is 1.11 bits per heavy atom. The summed E-state index contributed by atoms with van der Waals surface area (Å²) in [5.74, 6) is 0.799. The summed E-state index contributed by atoms with van der Waals surface area (Å²) in [6, 6.07) is 0. The first-order chi connectivity index (χ1) is 8.72. The van der Waals surface area contributed by atoms with E-state index in [1.807, 2.05) is 0 Å². The van der Waals surface area contributed by atoms with Gasteiger partial charge < -0.3 is 0 Å². The van der Waals surface area contributed by atoms with E-state index in [0.717, 1.165) is 5.92 Å². The van der Waals surface area contributed by atoms with Crippen LogP contribution in [0.25, 0.3) is 0 Å². The minimum atomic E-state index is 0.799. The molecule has 0 nitrogen and oxygen atoms in total. The summed E-state index contributed by atoms with van der Waals surface area (Å²) in [4.78, 5) is 0. The highest BCUT2D eigenvalue weighted by Gasteiger charge is 2.08. The van der Waals surface area contributed by atoms with Crippen LogP contribution < -0.4 is 0 Å². The fraction of sp³-hybridized carbons (Fsp3) is 0.889. The Labute approximate surface area is 116 Å². The zero-order valence-electron chi connectivity index (χ0n) is 13.3. The van der Waals surface area contributed by atoms with Gasteiger partial charge in [0.15, 0.2) is 0 Å². The molecule has 1 unspecified atom stereocenters. The van der Waals surface area contributed by atoms with Crippen LogP contribution in [0.4, 0.5) is 0 Å². The smallest absolute Gasteiger partial charge is 0.0209 e. The Kier molecular flexibility index (Phi) is 13.0. The van der Waals surface area contributed by atoms with Crippen molar-refractivity contribution in [1.82, 2.24) is 0 Å². The van der Waals surface area contributed by atoms with Gasteiger partial charge >= 0.3 is 0 Å². The van der Waals surface area contributed by atoms with Gasteiger partial charge in [0.05, 0.1) is 0 Å². The minimum absolute atomic E-state index is 0.799. The molecule has 0 aliphatic carbocycles. The first kappa shape index (κ1) is 17.7. The normalized spacial score (nSPS) is 12.6. The molecular formula is C18H36. The quantitative estimate of drug-likeness (QED) is 0.247. The first-order valence-corrected chi connectivity index (χ1v) is 8.37. The van der Waals surface area contributed by atoms with E-state index in [4.69, 9.17) is 0 Å². The van der Waals surface area contributed by atoms with Crippen molar-refractivity contribution in [2.75, 3.05) is 0 Å². The molecule has 0 heteroatoms. The third kappa shape index (κ3) is 10.9. The predicted octanol–water partition coefficient (Wildman–Crippen LogP) is 6.90. The van der Waals surface area contributed by atoms with Gasteiger partial charge in [0.25, 0.3) is 0 Å². The lowest BCUT2D eigenvalue weighted by atomic mass is 9.89. The van der Waals surface area contributed by atoms with Crippen molar-refractivity contribution >= 4 is 0 Å². The molecular weight excluding hydrogens is 216 g/mol. The van der Waals surface area contributed by atoms with E-state index in [1.54, 1.807) is 0 Å².